The van der Waals surface area contributed by atoms with Crippen LogP contribution in [0.3, 0.4) is 0 Å². The summed E-state index contributed by atoms with van der Waals surface area (Å²) >= 11 is 0. The Hall–Kier alpha value is -3.23. The number of hydrogen-bond donors (Lipinski definition) is 1. The maximum atomic E-state index is 12.9. The van der Waals surface area contributed by atoms with Gasteiger partial charge in [0.2, 0.25) is 0 Å². The number of anilines is 1. The number of esters is 1. The van der Waals surface area contributed by atoms with Crippen LogP contribution in [0.4, 0.5) is 18.9 Å². The minimum Gasteiger partial charge on any atom is -0.497 e. The van der Waals surface area contributed by atoms with Crippen molar-refractivity contribution in [1.29, 1.82) is 0 Å². The molecule has 0 atom stereocenters. The van der Waals surface area contributed by atoms with Crippen LogP contribution in [-0.2, 0) is 20.5 Å². The first kappa shape index (κ1) is 21.1. The van der Waals surface area contributed by atoms with Crippen LogP contribution in [0.25, 0.3) is 0 Å². The van der Waals surface area contributed by atoms with Gasteiger partial charge in [0.05, 0.1) is 31.4 Å². The molecule has 0 fully saturated rings. The van der Waals surface area contributed by atoms with Crippen LogP contribution in [0.1, 0.15) is 12.0 Å². The van der Waals surface area contributed by atoms with E-state index in [4.69, 9.17) is 14.2 Å². The van der Waals surface area contributed by atoms with Crippen molar-refractivity contribution < 1.29 is 37.0 Å². The fraction of sp³-hybridized carbons (Fsp3) is 0.263. The molecule has 0 unspecified atom stereocenters. The van der Waals surface area contributed by atoms with E-state index < -0.39 is 35.9 Å². The van der Waals surface area contributed by atoms with E-state index in [-0.39, 0.29) is 13.0 Å². The third-order valence-corrected chi connectivity index (χ3v) is 3.51. The maximum absolute atomic E-state index is 12.9. The van der Waals surface area contributed by atoms with Crippen molar-refractivity contribution in [2.45, 2.75) is 12.6 Å². The SMILES string of the molecule is COc1ccc(OCCC(=O)OCC(=O)Nc2ccccc2C(F)(F)F)cc1. The number of carbonyl (C=O) groups excluding carboxylic acids is 2. The monoisotopic (exact) mass is 397 g/mol. The molecule has 2 aromatic carbocycles. The number of ether oxygens (including phenoxy) is 3. The smallest absolute Gasteiger partial charge is 0.418 e. The van der Waals surface area contributed by atoms with Crippen LogP contribution in [0.15, 0.2) is 48.5 Å². The summed E-state index contributed by atoms with van der Waals surface area (Å²) in [6.07, 6.45) is -4.74. The minimum absolute atomic E-state index is 0.0175. The number of rotatable bonds is 8. The molecule has 0 bridgehead atoms. The Morgan fingerprint density at radius 1 is 1.00 bits per heavy atom. The van der Waals surface area contributed by atoms with Gasteiger partial charge in [0.15, 0.2) is 6.61 Å². The van der Waals surface area contributed by atoms with E-state index in [1.54, 1.807) is 24.3 Å². The van der Waals surface area contributed by atoms with Gasteiger partial charge in [-0.3, -0.25) is 9.59 Å². The molecule has 0 spiro atoms. The number of benzene rings is 2. The van der Waals surface area contributed by atoms with Gasteiger partial charge in [0.1, 0.15) is 11.5 Å². The predicted octanol–water partition coefficient (Wildman–Crippen LogP) is 3.66. The fourth-order valence-electron chi connectivity index (χ4n) is 2.17. The average Bonchev–Trinajstić information content (AvgIpc) is 2.66. The van der Waals surface area contributed by atoms with Gasteiger partial charge in [0.25, 0.3) is 5.91 Å². The highest BCUT2D eigenvalue weighted by atomic mass is 19.4. The van der Waals surface area contributed by atoms with E-state index in [1.807, 2.05) is 0 Å². The van der Waals surface area contributed by atoms with Crippen LogP contribution in [0, 0.1) is 0 Å². The summed E-state index contributed by atoms with van der Waals surface area (Å²) in [5.41, 5.74) is -1.39. The van der Waals surface area contributed by atoms with E-state index >= 15 is 0 Å². The average molecular weight is 397 g/mol. The molecule has 0 saturated heterocycles. The number of hydrogen-bond acceptors (Lipinski definition) is 5. The number of halogens is 3. The second-order valence-electron chi connectivity index (χ2n) is 5.53. The standard InChI is InChI=1S/C19H18F3NO5/c1-26-13-6-8-14(9-7-13)27-11-10-18(25)28-12-17(24)23-16-5-3-2-4-15(16)19(20,21)22/h2-9H,10-12H2,1H3,(H,23,24). The number of methoxy groups -OCH3 is 1. The molecule has 0 aromatic heterocycles. The summed E-state index contributed by atoms with van der Waals surface area (Å²) in [6, 6.07) is 11.2. The molecule has 0 radical (unpaired) electrons. The Balaban J connectivity index is 1.74. The van der Waals surface area contributed by atoms with Crippen LogP contribution < -0.4 is 14.8 Å². The number of nitrogens with one attached hydrogen (secondary N) is 1. The lowest BCUT2D eigenvalue weighted by atomic mass is 10.1. The van der Waals surface area contributed by atoms with Crippen LogP contribution >= 0.6 is 0 Å². The Bertz CT molecular complexity index is 806. The Morgan fingerprint density at radius 3 is 2.29 bits per heavy atom. The zero-order chi connectivity index (χ0) is 20.6. The number of amides is 1. The van der Waals surface area contributed by atoms with Crippen molar-refractivity contribution in [2.75, 3.05) is 25.6 Å². The number of para-hydroxylation sites is 1. The van der Waals surface area contributed by atoms with Crippen LogP contribution in [0.5, 0.6) is 11.5 Å². The summed E-state index contributed by atoms with van der Waals surface area (Å²) in [5, 5.41) is 2.09. The second kappa shape index (κ2) is 9.63. The van der Waals surface area contributed by atoms with Gasteiger partial charge >= 0.3 is 12.1 Å². The summed E-state index contributed by atoms with van der Waals surface area (Å²) in [5.74, 6) is -0.408. The van der Waals surface area contributed by atoms with Gasteiger partial charge in [0, 0.05) is 0 Å². The van der Waals surface area contributed by atoms with Crippen molar-refractivity contribution in [2.24, 2.45) is 0 Å². The van der Waals surface area contributed by atoms with E-state index in [9.17, 15) is 22.8 Å². The van der Waals surface area contributed by atoms with Gasteiger partial charge in [-0.05, 0) is 36.4 Å². The Labute approximate surface area is 159 Å². The maximum Gasteiger partial charge on any atom is 0.418 e. The van der Waals surface area contributed by atoms with E-state index in [2.05, 4.69) is 5.32 Å². The van der Waals surface area contributed by atoms with Crippen LogP contribution in [-0.4, -0.2) is 32.2 Å². The zero-order valence-corrected chi connectivity index (χ0v) is 14.9. The minimum atomic E-state index is -4.61. The first-order chi connectivity index (χ1) is 13.3. The van der Waals surface area contributed by atoms with Gasteiger partial charge in [-0.1, -0.05) is 12.1 Å². The van der Waals surface area contributed by atoms with Crippen molar-refractivity contribution >= 4 is 17.6 Å². The Morgan fingerprint density at radius 2 is 1.64 bits per heavy atom. The van der Waals surface area contributed by atoms with E-state index in [0.29, 0.717) is 11.5 Å². The molecule has 1 amide bonds. The van der Waals surface area contributed by atoms with Gasteiger partial charge in [-0.25, -0.2) is 0 Å². The molecule has 0 heterocycles. The molecule has 2 rings (SSSR count). The highest BCUT2D eigenvalue weighted by Crippen LogP contribution is 2.34. The highest BCUT2D eigenvalue weighted by Gasteiger charge is 2.33. The van der Waals surface area contributed by atoms with E-state index in [0.717, 1.165) is 12.1 Å². The summed E-state index contributed by atoms with van der Waals surface area (Å²) < 4.78 is 53.7. The van der Waals surface area contributed by atoms with Crippen molar-refractivity contribution in [1.82, 2.24) is 0 Å². The van der Waals surface area contributed by atoms with Gasteiger partial charge < -0.3 is 19.5 Å². The van der Waals surface area contributed by atoms with Crippen LogP contribution in [0.2, 0.25) is 0 Å². The number of carbonyl (C=O) groups is 2. The topological polar surface area (TPSA) is 73.9 Å². The van der Waals surface area contributed by atoms with Crippen molar-refractivity contribution in [3.05, 3.63) is 54.1 Å². The molecule has 150 valence electrons. The molecule has 0 saturated carbocycles. The third-order valence-electron chi connectivity index (χ3n) is 3.51. The largest absolute Gasteiger partial charge is 0.497 e. The lowest BCUT2D eigenvalue weighted by Crippen LogP contribution is -2.23. The first-order valence-corrected chi connectivity index (χ1v) is 8.18. The molecule has 0 aliphatic carbocycles. The molecule has 1 N–H and O–H groups in total. The molecule has 0 aliphatic rings. The lowest BCUT2D eigenvalue weighted by molar-refractivity contribution is -0.147. The number of alkyl halides is 3. The molecular formula is C19H18F3NO5. The summed E-state index contributed by atoms with van der Waals surface area (Å²) in [7, 11) is 1.53. The predicted molar refractivity (Wildman–Crippen MR) is 94.1 cm³/mol. The molecule has 2 aromatic rings. The first-order valence-electron chi connectivity index (χ1n) is 8.18. The quantitative estimate of drug-likeness (QED) is 0.688. The molecule has 6 nitrogen and oxygen atoms in total. The third kappa shape index (κ3) is 6.49. The molecule has 9 heteroatoms. The fourth-order valence-corrected chi connectivity index (χ4v) is 2.17. The zero-order valence-electron chi connectivity index (χ0n) is 14.9. The molecule has 28 heavy (non-hydrogen) atoms. The van der Waals surface area contributed by atoms with Crippen molar-refractivity contribution in [3.8, 4) is 11.5 Å². The second-order valence-corrected chi connectivity index (χ2v) is 5.53. The normalized spacial score (nSPS) is 10.9. The van der Waals surface area contributed by atoms with Gasteiger partial charge in [-0.15, -0.1) is 0 Å². The Kier molecular flexibility index (Phi) is 7.25. The van der Waals surface area contributed by atoms with E-state index in [1.165, 1.54) is 19.2 Å². The molecular weight excluding hydrogens is 379 g/mol. The van der Waals surface area contributed by atoms with Gasteiger partial charge in [-0.2, -0.15) is 13.2 Å². The summed E-state index contributed by atoms with van der Waals surface area (Å²) in [4.78, 5) is 23.4. The lowest BCUT2D eigenvalue weighted by Gasteiger charge is -2.13. The molecule has 0 aliphatic heterocycles. The highest BCUT2D eigenvalue weighted by molar-refractivity contribution is 5.93. The van der Waals surface area contributed by atoms with Crippen molar-refractivity contribution in [3.63, 3.8) is 0 Å². The summed E-state index contributed by atoms with van der Waals surface area (Å²) in [6.45, 7) is -0.683.